The summed E-state index contributed by atoms with van der Waals surface area (Å²) in [4.78, 5) is 0.345. The molecule has 0 bridgehead atoms. The fourth-order valence-corrected chi connectivity index (χ4v) is 1.20. The SMILES string of the molecule is COCCOc1ccccc1C(N)=S. The molecule has 3 nitrogen and oxygen atoms in total. The van der Waals surface area contributed by atoms with Gasteiger partial charge in [0.1, 0.15) is 17.3 Å². The maximum absolute atomic E-state index is 5.54. The molecule has 0 aromatic heterocycles. The van der Waals surface area contributed by atoms with Crippen molar-refractivity contribution in [3.63, 3.8) is 0 Å². The predicted octanol–water partition coefficient (Wildman–Crippen LogP) is 1.35. The van der Waals surface area contributed by atoms with Crippen molar-refractivity contribution < 1.29 is 9.47 Å². The van der Waals surface area contributed by atoms with Crippen LogP contribution in [0.25, 0.3) is 0 Å². The molecule has 0 spiro atoms. The predicted molar refractivity (Wildman–Crippen MR) is 59.7 cm³/mol. The van der Waals surface area contributed by atoms with E-state index in [1.807, 2.05) is 24.3 Å². The van der Waals surface area contributed by atoms with Crippen LogP contribution in [0.2, 0.25) is 0 Å². The maximum atomic E-state index is 5.54. The van der Waals surface area contributed by atoms with E-state index in [2.05, 4.69) is 0 Å². The molecule has 0 heterocycles. The Morgan fingerprint density at radius 1 is 1.36 bits per heavy atom. The molecule has 4 heteroatoms. The number of nitrogens with two attached hydrogens (primary N) is 1. The van der Waals surface area contributed by atoms with E-state index in [0.29, 0.717) is 24.0 Å². The number of methoxy groups -OCH3 is 1. The van der Waals surface area contributed by atoms with E-state index in [9.17, 15) is 0 Å². The van der Waals surface area contributed by atoms with Gasteiger partial charge < -0.3 is 15.2 Å². The van der Waals surface area contributed by atoms with Gasteiger partial charge in [0, 0.05) is 7.11 Å². The molecule has 0 aliphatic rings. The minimum absolute atomic E-state index is 0.345. The van der Waals surface area contributed by atoms with Gasteiger partial charge in [-0.05, 0) is 12.1 Å². The Bertz CT molecular complexity index is 315. The van der Waals surface area contributed by atoms with Crippen LogP contribution in [0.4, 0.5) is 0 Å². The Morgan fingerprint density at radius 3 is 2.71 bits per heavy atom. The standard InChI is InChI=1S/C10H13NO2S/c1-12-6-7-13-9-5-3-2-4-8(9)10(11)14/h2-5H,6-7H2,1H3,(H2,11,14). The molecule has 0 saturated heterocycles. The molecule has 14 heavy (non-hydrogen) atoms. The maximum Gasteiger partial charge on any atom is 0.129 e. The lowest BCUT2D eigenvalue weighted by Gasteiger charge is -2.09. The molecule has 0 amide bonds. The summed E-state index contributed by atoms with van der Waals surface area (Å²) in [6, 6.07) is 7.43. The average Bonchev–Trinajstić information content (AvgIpc) is 2.19. The summed E-state index contributed by atoms with van der Waals surface area (Å²) in [7, 11) is 1.63. The molecule has 0 saturated carbocycles. The minimum atomic E-state index is 0.345. The zero-order valence-electron chi connectivity index (χ0n) is 8.03. The minimum Gasteiger partial charge on any atom is -0.490 e. The zero-order chi connectivity index (χ0) is 10.4. The van der Waals surface area contributed by atoms with Crippen LogP contribution in [0.5, 0.6) is 5.75 Å². The zero-order valence-corrected chi connectivity index (χ0v) is 8.84. The Kier molecular flexibility index (Phi) is 4.35. The van der Waals surface area contributed by atoms with Gasteiger partial charge in [-0.15, -0.1) is 0 Å². The van der Waals surface area contributed by atoms with E-state index in [1.54, 1.807) is 7.11 Å². The highest BCUT2D eigenvalue weighted by Gasteiger charge is 2.04. The van der Waals surface area contributed by atoms with Gasteiger partial charge in [-0.2, -0.15) is 0 Å². The van der Waals surface area contributed by atoms with Crippen LogP contribution in [-0.4, -0.2) is 25.3 Å². The molecule has 1 rings (SSSR count). The van der Waals surface area contributed by atoms with Gasteiger partial charge >= 0.3 is 0 Å². The van der Waals surface area contributed by atoms with Crippen LogP contribution in [0, 0.1) is 0 Å². The second kappa shape index (κ2) is 5.57. The molecule has 2 N–H and O–H groups in total. The van der Waals surface area contributed by atoms with Gasteiger partial charge in [-0.3, -0.25) is 0 Å². The monoisotopic (exact) mass is 211 g/mol. The van der Waals surface area contributed by atoms with Crippen LogP contribution < -0.4 is 10.5 Å². The molecule has 0 unspecified atom stereocenters. The number of para-hydroxylation sites is 1. The first-order valence-corrected chi connectivity index (χ1v) is 4.67. The molecular formula is C10H13NO2S. The first-order valence-electron chi connectivity index (χ1n) is 4.26. The topological polar surface area (TPSA) is 44.5 Å². The van der Waals surface area contributed by atoms with Crippen molar-refractivity contribution in [3.8, 4) is 5.75 Å². The summed E-state index contributed by atoms with van der Waals surface area (Å²) in [5, 5.41) is 0. The van der Waals surface area contributed by atoms with E-state index in [4.69, 9.17) is 27.4 Å². The number of thiocarbonyl (C=S) groups is 1. The van der Waals surface area contributed by atoms with Crippen LogP contribution in [0.1, 0.15) is 5.56 Å². The summed E-state index contributed by atoms with van der Waals surface area (Å²) in [5.41, 5.74) is 6.30. The Morgan fingerprint density at radius 2 is 2.07 bits per heavy atom. The van der Waals surface area contributed by atoms with Crippen LogP contribution in [0.15, 0.2) is 24.3 Å². The van der Waals surface area contributed by atoms with Crippen molar-refractivity contribution in [2.24, 2.45) is 5.73 Å². The number of rotatable bonds is 5. The molecule has 1 aromatic rings. The third-order valence-electron chi connectivity index (χ3n) is 1.70. The van der Waals surface area contributed by atoms with Gasteiger partial charge in [0.2, 0.25) is 0 Å². The van der Waals surface area contributed by atoms with Crippen molar-refractivity contribution >= 4 is 17.2 Å². The van der Waals surface area contributed by atoms with Crippen molar-refractivity contribution in [1.82, 2.24) is 0 Å². The molecular weight excluding hydrogens is 198 g/mol. The van der Waals surface area contributed by atoms with E-state index >= 15 is 0 Å². The highest BCUT2D eigenvalue weighted by Crippen LogP contribution is 2.17. The second-order valence-corrected chi connectivity index (χ2v) is 3.14. The summed E-state index contributed by atoms with van der Waals surface area (Å²) >= 11 is 4.89. The fraction of sp³-hybridized carbons (Fsp3) is 0.300. The normalized spacial score (nSPS) is 9.79. The summed E-state index contributed by atoms with van der Waals surface area (Å²) in [5.74, 6) is 0.706. The number of ether oxygens (including phenoxy) is 2. The van der Waals surface area contributed by atoms with E-state index in [-0.39, 0.29) is 0 Å². The van der Waals surface area contributed by atoms with E-state index in [1.165, 1.54) is 0 Å². The number of benzene rings is 1. The van der Waals surface area contributed by atoms with Crippen molar-refractivity contribution in [2.75, 3.05) is 20.3 Å². The van der Waals surface area contributed by atoms with E-state index in [0.717, 1.165) is 5.56 Å². The van der Waals surface area contributed by atoms with Crippen LogP contribution in [0.3, 0.4) is 0 Å². The highest BCUT2D eigenvalue weighted by atomic mass is 32.1. The van der Waals surface area contributed by atoms with Gasteiger partial charge in [0.05, 0.1) is 12.2 Å². The largest absolute Gasteiger partial charge is 0.490 e. The second-order valence-electron chi connectivity index (χ2n) is 2.70. The lowest BCUT2D eigenvalue weighted by molar-refractivity contribution is 0.146. The smallest absolute Gasteiger partial charge is 0.129 e. The fourth-order valence-electron chi connectivity index (χ4n) is 1.03. The summed E-state index contributed by atoms with van der Waals surface area (Å²) in [6.07, 6.45) is 0. The first kappa shape index (κ1) is 10.9. The molecule has 1 aromatic carbocycles. The number of hydrogen-bond acceptors (Lipinski definition) is 3. The third-order valence-corrected chi connectivity index (χ3v) is 1.92. The van der Waals surface area contributed by atoms with Crippen LogP contribution >= 0.6 is 12.2 Å². The van der Waals surface area contributed by atoms with Crippen LogP contribution in [-0.2, 0) is 4.74 Å². The average molecular weight is 211 g/mol. The Labute approximate surface area is 88.8 Å². The molecule has 0 aliphatic heterocycles. The van der Waals surface area contributed by atoms with E-state index < -0.39 is 0 Å². The van der Waals surface area contributed by atoms with Crippen molar-refractivity contribution in [2.45, 2.75) is 0 Å². The summed E-state index contributed by atoms with van der Waals surface area (Å²) < 4.78 is 10.3. The Hall–Kier alpha value is -1.13. The molecule has 0 aliphatic carbocycles. The third kappa shape index (κ3) is 2.97. The summed E-state index contributed by atoms with van der Waals surface area (Å²) in [6.45, 7) is 1.04. The lowest BCUT2D eigenvalue weighted by atomic mass is 10.2. The molecule has 0 atom stereocenters. The molecule has 76 valence electrons. The first-order chi connectivity index (χ1) is 6.75. The number of hydrogen-bond donors (Lipinski definition) is 1. The van der Waals surface area contributed by atoms with Gasteiger partial charge in [-0.1, -0.05) is 24.4 Å². The van der Waals surface area contributed by atoms with Gasteiger partial charge in [0.15, 0.2) is 0 Å². The molecule has 0 radical (unpaired) electrons. The van der Waals surface area contributed by atoms with Crippen molar-refractivity contribution in [3.05, 3.63) is 29.8 Å². The van der Waals surface area contributed by atoms with Gasteiger partial charge in [0.25, 0.3) is 0 Å². The van der Waals surface area contributed by atoms with Gasteiger partial charge in [-0.25, -0.2) is 0 Å². The van der Waals surface area contributed by atoms with Crippen molar-refractivity contribution in [1.29, 1.82) is 0 Å². The Balaban J connectivity index is 2.69. The highest BCUT2D eigenvalue weighted by molar-refractivity contribution is 7.80. The lowest BCUT2D eigenvalue weighted by Crippen LogP contribution is -2.13. The quantitative estimate of drug-likeness (QED) is 0.590. The molecule has 0 fully saturated rings.